The van der Waals surface area contributed by atoms with Crippen LogP contribution in [0.3, 0.4) is 0 Å². The van der Waals surface area contributed by atoms with E-state index in [2.05, 4.69) is 5.32 Å². The molecule has 2 heterocycles. The molecule has 3 nitrogen and oxygen atoms in total. The number of rotatable bonds is 3. The minimum Gasteiger partial charge on any atom is -0.341 e. The summed E-state index contributed by atoms with van der Waals surface area (Å²) < 4.78 is 38.5. The smallest absolute Gasteiger partial charge is 0.341 e. The normalized spacial score (nSPS) is 25.4. The third-order valence-electron chi connectivity index (χ3n) is 5.14. The van der Waals surface area contributed by atoms with Crippen molar-refractivity contribution >= 4 is 5.91 Å². The topological polar surface area (TPSA) is 32.3 Å². The van der Waals surface area contributed by atoms with Gasteiger partial charge in [0.25, 0.3) is 0 Å². The van der Waals surface area contributed by atoms with Crippen LogP contribution in [-0.2, 0) is 11.0 Å². The number of alkyl halides is 3. The summed E-state index contributed by atoms with van der Waals surface area (Å²) >= 11 is 0. The van der Waals surface area contributed by atoms with E-state index in [1.807, 2.05) is 11.8 Å². The van der Waals surface area contributed by atoms with Gasteiger partial charge < -0.3 is 10.2 Å². The number of carbonyl (C=O) groups is 1. The van der Waals surface area contributed by atoms with Gasteiger partial charge in [-0.15, -0.1) is 0 Å². The van der Waals surface area contributed by atoms with E-state index in [4.69, 9.17) is 0 Å². The van der Waals surface area contributed by atoms with E-state index in [9.17, 15) is 18.0 Å². The average Bonchev–Trinajstić information content (AvgIpc) is 2.85. The van der Waals surface area contributed by atoms with Gasteiger partial charge in [-0.25, -0.2) is 0 Å². The van der Waals surface area contributed by atoms with Crippen LogP contribution in [-0.4, -0.2) is 36.0 Å². The molecule has 0 aromatic heterocycles. The predicted octanol–water partition coefficient (Wildman–Crippen LogP) is 3.55. The molecule has 0 saturated carbocycles. The van der Waals surface area contributed by atoms with Crippen LogP contribution in [0, 0.1) is 0 Å². The number of likely N-dealkylation sites (tertiary alicyclic amines) is 1. The quantitative estimate of drug-likeness (QED) is 0.913. The fraction of sp³-hybridized carbons (Fsp3) is 0.611. The number of nitrogens with zero attached hydrogens (tertiary/aromatic N) is 1. The van der Waals surface area contributed by atoms with Gasteiger partial charge in [0, 0.05) is 31.6 Å². The number of hydrogen-bond donors (Lipinski definition) is 1. The lowest BCUT2D eigenvalue weighted by molar-refractivity contribution is -0.137. The Kier molecular flexibility index (Phi) is 4.85. The molecule has 6 heteroatoms. The molecule has 3 atom stereocenters. The fourth-order valence-corrected chi connectivity index (χ4v) is 3.70. The van der Waals surface area contributed by atoms with Crippen molar-refractivity contribution in [2.45, 2.75) is 56.8 Å². The lowest BCUT2D eigenvalue weighted by atomic mass is 9.95. The van der Waals surface area contributed by atoms with Crippen LogP contribution in [0.2, 0.25) is 0 Å². The lowest BCUT2D eigenvalue weighted by Gasteiger charge is -2.26. The molecule has 132 valence electrons. The average molecular weight is 340 g/mol. The first kappa shape index (κ1) is 17.3. The SMILES string of the molecule is CC(CC(=O)N1CCC2CCC(C1)N2)c1cccc(C(F)(F)F)c1. The van der Waals surface area contributed by atoms with Crippen molar-refractivity contribution in [2.75, 3.05) is 13.1 Å². The minimum absolute atomic E-state index is 0.0364. The molecule has 1 aromatic carbocycles. The van der Waals surface area contributed by atoms with Gasteiger partial charge in [0.2, 0.25) is 5.91 Å². The van der Waals surface area contributed by atoms with Crippen molar-refractivity contribution < 1.29 is 18.0 Å². The molecule has 1 N–H and O–H groups in total. The number of halogens is 3. The van der Waals surface area contributed by atoms with Crippen LogP contribution in [0.4, 0.5) is 13.2 Å². The van der Waals surface area contributed by atoms with E-state index in [0.29, 0.717) is 24.2 Å². The molecule has 2 fully saturated rings. The highest BCUT2D eigenvalue weighted by molar-refractivity contribution is 5.77. The fourth-order valence-electron chi connectivity index (χ4n) is 3.70. The van der Waals surface area contributed by atoms with E-state index in [1.54, 1.807) is 6.07 Å². The Morgan fingerprint density at radius 3 is 2.79 bits per heavy atom. The number of fused-ring (bicyclic) bond motifs is 2. The van der Waals surface area contributed by atoms with Crippen molar-refractivity contribution in [1.82, 2.24) is 10.2 Å². The van der Waals surface area contributed by atoms with Crippen LogP contribution < -0.4 is 5.32 Å². The number of benzene rings is 1. The highest BCUT2D eigenvalue weighted by atomic mass is 19.4. The van der Waals surface area contributed by atoms with Crippen molar-refractivity contribution in [3.63, 3.8) is 0 Å². The van der Waals surface area contributed by atoms with Crippen molar-refractivity contribution in [1.29, 1.82) is 0 Å². The van der Waals surface area contributed by atoms with E-state index in [1.165, 1.54) is 12.5 Å². The zero-order valence-corrected chi connectivity index (χ0v) is 13.8. The van der Waals surface area contributed by atoms with E-state index in [-0.39, 0.29) is 18.2 Å². The first-order valence-electron chi connectivity index (χ1n) is 8.54. The Bertz CT molecular complexity index is 602. The maximum Gasteiger partial charge on any atom is 0.416 e. The maximum atomic E-state index is 12.8. The largest absolute Gasteiger partial charge is 0.416 e. The highest BCUT2D eigenvalue weighted by Crippen LogP contribution is 2.32. The third kappa shape index (κ3) is 3.91. The summed E-state index contributed by atoms with van der Waals surface area (Å²) in [7, 11) is 0. The highest BCUT2D eigenvalue weighted by Gasteiger charge is 2.32. The second-order valence-corrected chi connectivity index (χ2v) is 6.99. The van der Waals surface area contributed by atoms with Gasteiger partial charge in [-0.05, 0) is 36.8 Å². The third-order valence-corrected chi connectivity index (χ3v) is 5.14. The molecular weight excluding hydrogens is 317 g/mol. The van der Waals surface area contributed by atoms with Gasteiger partial charge in [0.15, 0.2) is 0 Å². The van der Waals surface area contributed by atoms with E-state index in [0.717, 1.165) is 31.5 Å². The summed E-state index contributed by atoms with van der Waals surface area (Å²) in [6.07, 6.45) is -0.876. The second-order valence-electron chi connectivity index (χ2n) is 6.99. The molecule has 0 aliphatic carbocycles. The van der Waals surface area contributed by atoms with E-state index >= 15 is 0 Å². The molecule has 2 aliphatic heterocycles. The number of carbonyl (C=O) groups excluding carboxylic acids is 1. The molecular formula is C18H23F3N2O. The molecule has 1 amide bonds. The van der Waals surface area contributed by atoms with Gasteiger partial charge >= 0.3 is 6.18 Å². The molecule has 0 radical (unpaired) electrons. The molecule has 2 bridgehead atoms. The Labute approximate surface area is 140 Å². The van der Waals surface area contributed by atoms with Crippen molar-refractivity contribution in [2.24, 2.45) is 0 Å². The van der Waals surface area contributed by atoms with Crippen LogP contribution in [0.5, 0.6) is 0 Å². The van der Waals surface area contributed by atoms with Gasteiger partial charge in [-0.2, -0.15) is 13.2 Å². The van der Waals surface area contributed by atoms with Gasteiger partial charge in [-0.3, -0.25) is 4.79 Å². The first-order chi connectivity index (χ1) is 11.3. The maximum absolute atomic E-state index is 12.8. The van der Waals surface area contributed by atoms with Crippen molar-refractivity contribution in [3.8, 4) is 0 Å². The van der Waals surface area contributed by atoms with Gasteiger partial charge in [-0.1, -0.05) is 25.1 Å². The zero-order chi connectivity index (χ0) is 17.3. The van der Waals surface area contributed by atoms with Crippen LogP contribution in [0.1, 0.15) is 49.7 Å². The molecule has 1 aromatic rings. The molecule has 3 unspecified atom stereocenters. The Morgan fingerprint density at radius 2 is 2.04 bits per heavy atom. The molecule has 2 aliphatic rings. The number of amides is 1. The second kappa shape index (κ2) is 6.75. The summed E-state index contributed by atoms with van der Waals surface area (Å²) in [6, 6.07) is 6.17. The molecule has 3 rings (SSSR count). The Morgan fingerprint density at radius 1 is 1.29 bits per heavy atom. The zero-order valence-electron chi connectivity index (χ0n) is 13.8. The summed E-state index contributed by atoms with van der Waals surface area (Å²) in [5, 5.41) is 3.53. The van der Waals surface area contributed by atoms with Crippen LogP contribution >= 0.6 is 0 Å². The Hall–Kier alpha value is -1.56. The van der Waals surface area contributed by atoms with Crippen LogP contribution in [0.15, 0.2) is 24.3 Å². The van der Waals surface area contributed by atoms with Gasteiger partial charge in [0.1, 0.15) is 0 Å². The summed E-state index contributed by atoms with van der Waals surface area (Å²) in [6.45, 7) is 3.27. The van der Waals surface area contributed by atoms with E-state index < -0.39 is 11.7 Å². The summed E-state index contributed by atoms with van der Waals surface area (Å²) in [4.78, 5) is 14.4. The van der Waals surface area contributed by atoms with Crippen LogP contribution in [0.25, 0.3) is 0 Å². The number of nitrogens with one attached hydrogen (secondary N) is 1. The Balaban J connectivity index is 1.64. The summed E-state index contributed by atoms with van der Waals surface area (Å²) in [5.74, 6) is -0.192. The molecule has 0 spiro atoms. The predicted molar refractivity (Wildman–Crippen MR) is 85.6 cm³/mol. The molecule has 24 heavy (non-hydrogen) atoms. The summed E-state index contributed by atoms with van der Waals surface area (Å²) in [5.41, 5.74) is -0.0942. The minimum atomic E-state index is -4.35. The standard InChI is InChI=1S/C18H23F3N2O/c1-12(13-3-2-4-14(10-13)18(19,20)21)9-17(24)23-8-7-15-5-6-16(11-23)22-15/h2-4,10,12,15-16,22H,5-9,11H2,1H3. The molecule has 2 saturated heterocycles. The monoisotopic (exact) mass is 340 g/mol. The van der Waals surface area contributed by atoms with Crippen molar-refractivity contribution in [3.05, 3.63) is 35.4 Å². The number of hydrogen-bond acceptors (Lipinski definition) is 2. The first-order valence-corrected chi connectivity index (χ1v) is 8.54. The van der Waals surface area contributed by atoms with Gasteiger partial charge in [0.05, 0.1) is 5.56 Å². The lowest BCUT2D eigenvalue weighted by Crippen LogP contribution is -2.39.